The van der Waals surface area contributed by atoms with Gasteiger partial charge in [-0.05, 0) is 55.8 Å². The Balaban J connectivity index is 1.58. The Bertz CT molecular complexity index is 799. The third kappa shape index (κ3) is 5.33. The number of piperidine rings is 1. The number of nitrogens with zero attached hydrogens (tertiary/aromatic N) is 2. The van der Waals surface area contributed by atoms with Crippen LogP contribution in [0.2, 0.25) is 0 Å². The summed E-state index contributed by atoms with van der Waals surface area (Å²) in [7, 11) is 0. The van der Waals surface area contributed by atoms with Crippen molar-refractivity contribution in [2.75, 3.05) is 19.6 Å². The van der Waals surface area contributed by atoms with Gasteiger partial charge >= 0.3 is 0 Å². The molecule has 2 aromatic carbocycles. The molecule has 6 heteroatoms. The zero-order chi connectivity index (χ0) is 19.8. The molecule has 146 valence electrons. The van der Waals surface area contributed by atoms with E-state index in [1.165, 1.54) is 23.9 Å². The van der Waals surface area contributed by atoms with Gasteiger partial charge in [-0.25, -0.2) is 9.92 Å². The Labute approximate surface area is 164 Å². The Hall–Kier alpha value is -2.86. The van der Waals surface area contributed by atoms with Crippen LogP contribution in [-0.4, -0.2) is 30.3 Å². The number of ketones is 1. The van der Waals surface area contributed by atoms with E-state index >= 15 is 0 Å². The highest BCUT2D eigenvalue weighted by Crippen LogP contribution is 2.24. The maximum atomic E-state index is 13.1. The number of hydrogen-bond acceptors (Lipinski definition) is 5. The molecule has 0 saturated carbocycles. The lowest BCUT2D eigenvalue weighted by Crippen LogP contribution is -2.40. The number of carbonyl (C=O) groups is 1. The van der Waals surface area contributed by atoms with Crippen LogP contribution >= 0.6 is 0 Å². The molecule has 1 heterocycles. The second-order valence-electron chi connectivity index (χ2n) is 7.02. The summed E-state index contributed by atoms with van der Waals surface area (Å²) in [5.41, 5.74) is 8.64. The topological polar surface area (TPSA) is 68.6 Å². The third-order valence-corrected chi connectivity index (χ3v) is 5.18. The van der Waals surface area contributed by atoms with E-state index in [0.717, 1.165) is 32.5 Å². The molecule has 0 bridgehead atoms. The second kappa shape index (κ2) is 9.90. The fourth-order valence-corrected chi connectivity index (χ4v) is 3.62. The van der Waals surface area contributed by atoms with Crippen molar-refractivity contribution < 1.29 is 9.18 Å². The summed E-state index contributed by atoms with van der Waals surface area (Å²) in [5, 5.41) is 6.56. The molecule has 0 radical (unpaired) electrons. The van der Waals surface area contributed by atoms with Gasteiger partial charge in [0.1, 0.15) is 5.82 Å². The fraction of sp³-hybridized carbons (Fsp3) is 0.318. The molecule has 1 fully saturated rings. The largest absolute Gasteiger partial charge is 0.381 e. The minimum atomic E-state index is -0.321. The highest BCUT2D eigenvalue weighted by atomic mass is 19.1. The molecule has 0 amide bonds. The van der Waals surface area contributed by atoms with Gasteiger partial charge < -0.3 is 10.2 Å². The van der Waals surface area contributed by atoms with Crippen LogP contribution in [0.15, 0.2) is 72.1 Å². The number of likely N-dealkylation sites (tertiary alicyclic amines) is 1. The van der Waals surface area contributed by atoms with Crippen molar-refractivity contribution in [1.29, 1.82) is 5.53 Å². The molecule has 1 saturated heterocycles. The average molecular weight is 380 g/mol. The first kappa shape index (κ1) is 19.9. The van der Waals surface area contributed by atoms with E-state index in [2.05, 4.69) is 27.5 Å². The minimum Gasteiger partial charge on any atom is -0.381 e. The molecule has 0 spiro atoms. The molecule has 1 atom stereocenters. The van der Waals surface area contributed by atoms with Gasteiger partial charge in [-0.1, -0.05) is 30.3 Å². The number of Topliss-reactive ketones (excluding diaryl/α,β-unsaturated/α-hetero) is 1. The molecule has 5 nitrogen and oxygen atoms in total. The van der Waals surface area contributed by atoms with Crippen molar-refractivity contribution in [3.8, 4) is 0 Å². The number of carbonyl (C=O) groups excluding carboxylic acids is 1. The van der Waals surface area contributed by atoms with E-state index in [0.29, 0.717) is 5.56 Å². The molecular weight excluding hydrogens is 355 g/mol. The number of hydrogen-bond donors (Lipinski definition) is 2. The predicted molar refractivity (Wildman–Crippen MR) is 107 cm³/mol. The highest BCUT2D eigenvalue weighted by Gasteiger charge is 2.27. The summed E-state index contributed by atoms with van der Waals surface area (Å²) in [5.74, 6) is -0.220. The quantitative estimate of drug-likeness (QED) is 0.521. The Morgan fingerprint density at radius 3 is 2.50 bits per heavy atom. The highest BCUT2D eigenvalue weighted by molar-refractivity contribution is 5.97. The van der Waals surface area contributed by atoms with Crippen LogP contribution in [0.3, 0.4) is 0 Å². The molecule has 0 aliphatic carbocycles. The summed E-state index contributed by atoms with van der Waals surface area (Å²) < 4.78 is 13.1. The van der Waals surface area contributed by atoms with E-state index in [1.807, 2.05) is 18.2 Å². The minimum absolute atomic E-state index is 0.00754. The number of halogens is 1. The van der Waals surface area contributed by atoms with Crippen LogP contribution in [0.5, 0.6) is 0 Å². The Morgan fingerprint density at radius 1 is 1.18 bits per heavy atom. The van der Waals surface area contributed by atoms with E-state index in [9.17, 15) is 9.18 Å². The summed E-state index contributed by atoms with van der Waals surface area (Å²) in [6, 6.07) is 16.1. The zero-order valence-electron chi connectivity index (χ0n) is 15.7. The van der Waals surface area contributed by atoms with Crippen molar-refractivity contribution in [3.05, 3.63) is 83.9 Å². The summed E-state index contributed by atoms with van der Waals surface area (Å²) in [4.78, 5) is 15.0. The van der Waals surface area contributed by atoms with Gasteiger partial charge in [0.2, 0.25) is 0 Å². The van der Waals surface area contributed by atoms with E-state index in [4.69, 9.17) is 5.53 Å². The standard InChI is InChI=1S/C22H25FN4O/c23-20-8-6-18(7-9-20)22(28)19-10-14-27(15-11-19)16-21(25-12-13-26-24)17-4-2-1-3-5-17/h1-9,12-13,19,21,24-25H,10-11,14-16H2/b13-12-,26-24?. The maximum Gasteiger partial charge on any atom is 0.166 e. The summed E-state index contributed by atoms with van der Waals surface area (Å²) in [6.07, 6.45) is 4.71. The zero-order valence-corrected chi connectivity index (χ0v) is 15.7. The van der Waals surface area contributed by atoms with Crippen molar-refractivity contribution >= 4 is 5.78 Å². The van der Waals surface area contributed by atoms with E-state index < -0.39 is 0 Å². The van der Waals surface area contributed by atoms with E-state index in [-0.39, 0.29) is 23.6 Å². The SMILES string of the molecule is N=N/C=C\NC(CN1CCC(C(=O)c2ccc(F)cc2)CC1)c1ccccc1. The van der Waals surface area contributed by atoms with Crippen LogP contribution in [0.1, 0.15) is 34.8 Å². The third-order valence-electron chi connectivity index (χ3n) is 5.18. The van der Waals surface area contributed by atoms with Gasteiger partial charge in [0.25, 0.3) is 0 Å². The molecule has 1 aliphatic rings. The van der Waals surface area contributed by atoms with Crippen molar-refractivity contribution in [3.63, 3.8) is 0 Å². The van der Waals surface area contributed by atoms with Gasteiger partial charge in [-0.2, -0.15) is 5.11 Å². The van der Waals surface area contributed by atoms with Gasteiger partial charge in [-0.3, -0.25) is 4.79 Å². The lowest BCUT2D eigenvalue weighted by Gasteiger charge is -2.34. The smallest absolute Gasteiger partial charge is 0.166 e. The van der Waals surface area contributed by atoms with Crippen molar-refractivity contribution in [1.82, 2.24) is 10.2 Å². The number of nitrogens with one attached hydrogen (secondary N) is 2. The normalized spacial score (nSPS) is 16.8. The Morgan fingerprint density at radius 2 is 1.86 bits per heavy atom. The van der Waals surface area contributed by atoms with Crippen LogP contribution in [0, 0.1) is 17.3 Å². The predicted octanol–water partition coefficient (Wildman–Crippen LogP) is 4.55. The first-order valence-electron chi connectivity index (χ1n) is 9.52. The van der Waals surface area contributed by atoms with Gasteiger partial charge in [-0.15, -0.1) is 0 Å². The molecule has 28 heavy (non-hydrogen) atoms. The van der Waals surface area contributed by atoms with Crippen molar-refractivity contribution in [2.45, 2.75) is 18.9 Å². The maximum absolute atomic E-state index is 13.1. The molecule has 0 aromatic heterocycles. The van der Waals surface area contributed by atoms with Gasteiger partial charge in [0.15, 0.2) is 5.78 Å². The molecule has 3 rings (SSSR count). The molecule has 1 aliphatic heterocycles. The van der Waals surface area contributed by atoms with Crippen LogP contribution in [0.25, 0.3) is 0 Å². The first-order valence-corrected chi connectivity index (χ1v) is 9.52. The van der Waals surface area contributed by atoms with Crippen LogP contribution in [0.4, 0.5) is 4.39 Å². The van der Waals surface area contributed by atoms with Gasteiger partial charge in [0.05, 0.1) is 12.2 Å². The van der Waals surface area contributed by atoms with Crippen LogP contribution < -0.4 is 5.32 Å². The summed E-state index contributed by atoms with van der Waals surface area (Å²) >= 11 is 0. The lowest BCUT2D eigenvalue weighted by molar-refractivity contribution is 0.0833. The van der Waals surface area contributed by atoms with Crippen LogP contribution in [-0.2, 0) is 0 Å². The molecule has 2 N–H and O–H groups in total. The molecule has 1 unspecified atom stereocenters. The number of benzene rings is 2. The average Bonchev–Trinajstić information content (AvgIpc) is 2.74. The number of rotatable bonds is 8. The fourth-order valence-electron chi connectivity index (χ4n) is 3.62. The first-order chi connectivity index (χ1) is 13.7. The monoisotopic (exact) mass is 380 g/mol. The van der Waals surface area contributed by atoms with Crippen molar-refractivity contribution in [2.24, 2.45) is 11.0 Å². The van der Waals surface area contributed by atoms with Gasteiger partial charge in [0, 0.05) is 24.2 Å². The molecule has 2 aromatic rings. The molecular formula is C22H25FN4O. The Kier molecular flexibility index (Phi) is 7.03. The lowest BCUT2D eigenvalue weighted by atomic mass is 9.88. The second-order valence-corrected chi connectivity index (χ2v) is 7.02. The summed E-state index contributed by atoms with van der Waals surface area (Å²) in [6.45, 7) is 2.49. The van der Waals surface area contributed by atoms with E-state index in [1.54, 1.807) is 18.3 Å².